The van der Waals surface area contributed by atoms with Crippen LogP contribution in [0.25, 0.3) is 0 Å². The van der Waals surface area contributed by atoms with E-state index < -0.39 is 195 Å². The summed E-state index contributed by atoms with van der Waals surface area (Å²) in [7, 11) is 0.120. The molecule has 0 heterocycles. The van der Waals surface area contributed by atoms with Crippen molar-refractivity contribution in [3.05, 3.63) is 151 Å². The second kappa shape index (κ2) is 27.4. The number of hydrogen-bond acceptors (Lipinski definition) is 1. The van der Waals surface area contributed by atoms with Crippen molar-refractivity contribution >= 4 is 47.4 Å². The maximum Gasteiger partial charge on any atom is 0.416 e. The van der Waals surface area contributed by atoms with Crippen LogP contribution in [0, 0.1) is 41.5 Å². The van der Waals surface area contributed by atoms with Crippen molar-refractivity contribution in [2.24, 2.45) is 4.99 Å². The maximum absolute atomic E-state index is 14.2. The second-order valence-corrected chi connectivity index (χ2v) is 24.3. The Morgan fingerprint density at radius 1 is 0.376 bits per heavy atom. The van der Waals surface area contributed by atoms with E-state index in [-0.39, 0.29) is 8.80 Å². The third-order valence-corrected chi connectivity index (χ3v) is 13.8. The molecule has 29 heteroatoms. The number of benzene rings is 5. The SMILES string of the molecule is CC(=NC(C)C)N([CH]=[Ru+])C(C)C.C[Si](C)C.Cc1c(C)c(C)c(C)c(C)c1C.FC(F)(F)c1cc([B-](c2cc(C(F)(F)F)cc(C(F)(F)F)c2)(c2cc(C(F)(F)F)cc(C(F)(F)F)c2)c2cc(C(F)(F)F)cc(C(F)(F)F)c2)cc(C(F)(F)F)c1. The molecule has 1 radical (unpaired) electrons. The number of alkyl halides is 24. The molecule has 0 saturated heterocycles. The molecule has 0 spiro atoms. The number of amidine groups is 1. The van der Waals surface area contributed by atoms with E-state index in [0.717, 1.165) is 5.84 Å². The topological polar surface area (TPSA) is 15.6 Å². The van der Waals surface area contributed by atoms with Gasteiger partial charge in [-0.1, -0.05) is 68.2 Å². The van der Waals surface area contributed by atoms with Crippen LogP contribution >= 0.6 is 0 Å². The molecular weight excluding hydrogens is 1300 g/mol. The summed E-state index contributed by atoms with van der Waals surface area (Å²) in [6.07, 6.45) is -54.8. The van der Waals surface area contributed by atoms with Gasteiger partial charge in [0, 0.05) is 8.80 Å². The molecule has 0 atom stereocenters. The zero-order chi connectivity index (χ0) is 66.7. The molecule has 5 rings (SSSR count). The molecule has 0 aliphatic carbocycles. The molecule has 0 amide bonds. The Morgan fingerprint density at radius 3 is 0.635 bits per heavy atom. The average Bonchev–Trinajstić information content (AvgIpc) is 1.18. The maximum atomic E-state index is 14.2. The van der Waals surface area contributed by atoms with E-state index in [1.165, 1.54) is 33.4 Å². The van der Waals surface area contributed by atoms with Gasteiger partial charge in [-0.3, -0.25) is 0 Å². The van der Waals surface area contributed by atoms with Crippen LogP contribution in [0.3, 0.4) is 0 Å². The number of aliphatic imine (C=N–C) groups is 1. The minimum Gasteiger partial charge on any atom is -0.194 e. The molecule has 0 aliphatic rings. The standard InChI is InChI=1S/C32H12BF24.C12H18.C9H18N2.C3H9Si.Ru/c34-25(35,36)13-1-14(26(37,38)39)6-21(5-13)33(22-7-15(27(40,41)42)2-16(8-22)28(43,44)45,23-9-17(29(46,47)48)3-18(10-23)30(49,50)51)24-11-19(31(52,53)54)4-20(12-24)32(55,56)57;1-7-8(2)10(4)12(6)11(5)9(7)3;1-7(2)10-9(5)11(6)8(3)4;1-4(2)3;/h1-12H;1-6H3;6-8H,1-5H3;1-3H3;/q-1;;;;+1. The summed E-state index contributed by atoms with van der Waals surface area (Å²) in [5, 5.41) is 0. The summed E-state index contributed by atoms with van der Waals surface area (Å²) in [6, 6.07) is -7.96. The van der Waals surface area contributed by atoms with Crippen LogP contribution in [0.2, 0.25) is 19.6 Å². The van der Waals surface area contributed by atoms with Gasteiger partial charge >= 0.3 is 134 Å². The van der Waals surface area contributed by atoms with Gasteiger partial charge in [-0.25, -0.2) is 0 Å². The van der Waals surface area contributed by atoms with Crippen LogP contribution in [0.1, 0.15) is 113 Å². The molecule has 5 aromatic rings. The van der Waals surface area contributed by atoms with Crippen LogP contribution in [-0.2, 0) is 67.3 Å². The van der Waals surface area contributed by atoms with E-state index >= 15 is 0 Å². The first-order valence-electron chi connectivity index (χ1n) is 24.9. The molecule has 85 heavy (non-hydrogen) atoms. The molecule has 0 bridgehead atoms. The van der Waals surface area contributed by atoms with Crippen LogP contribution in [-0.4, -0.2) is 42.5 Å². The molecule has 2 nitrogen and oxygen atoms in total. The van der Waals surface area contributed by atoms with Crippen molar-refractivity contribution in [2.45, 2.75) is 157 Å². The molecule has 474 valence electrons. The summed E-state index contributed by atoms with van der Waals surface area (Å²) < 4.78 is 343. The van der Waals surface area contributed by atoms with Gasteiger partial charge in [0.05, 0.1) is 44.5 Å². The van der Waals surface area contributed by atoms with Crippen LogP contribution in [0.5, 0.6) is 0 Å². The minimum atomic E-state index is -6.13. The van der Waals surface area contributed by atoms with Gasteiger partial charge in [0.15, 0.2) is 0 Å². The first-order valence-corrected chi connectivity index (χ1v) is 28.9. The van der Waals surface area contributed by atoms with Gasteiger partial charge in [0.25, 0.3) is 0 Å². The zero-order valence-corrected chi connectivity index (χ0v) is 50.3. The molecule has 0 saturated carbocycles. The summed E-state index contributed by atoms with van der Waals surface area (Å²) in [5.74, 6) is 1.08. The third-order valence-electron chi connectivity index (χ3n) is 13.3. The Bertz CT molecular complexity index is 2610. The van der Waals surface area contributed by atoms with E-state index in [9.17, 15) is 105 Å². The third kappa shape index (κ3) is 19.8. The number of hydrogen-bond donors (Lipinski definition) is 0. The Balaban J connectivity index is 0.000000715. The van der Waals surface area contributed by atoms with Gasteiger partial charge in [-0.2, -0.15) is 127 Å². The van der Waals surface area contributed by atoms with E-state index in [1.807, 2.05) is 11.7 Å². The fourth-order valence-corrected chi connectivity index (χ4v) is 9.59. The monoisotopic (exact) mass is 1350 g/mol. The fraction of sp³-hybridized carbons (Fsp3) is 0.429. The molecule has 0 unspecified atom stereocenters. The summed E-state index contributed by atoms with van der Waals surface area (Å²) in [6.45, 7) is 30.6. The molecule has 0 fully saturated rings. The van der Waals surface area contributed by atoms with Crippen LogP contribution < -0.4 is 21.9 Å². The Morgan fingerprint density at radius 2 is 0.529 bits per heavy atom. The predicted molar refractivity (Wildman–Crippen MR) is 280 cm³/mol. The number of halogens is 24. The Hall–Kier alpha value is -5.33. The fourth-order valence-electron chi connectivity index (χ4n) is 8.74. The zero-order valence-electron chi connectivity index (χ0n) is 47.6. The predicted octanol–water partition coefficient (Wildman–Crippen LogP) is 18.0. The second-order valence-electron chi connectivity index (χ2n) is 20.8. The molecule has 5 aromatic carbocycles. The number of nitrogens with zero attached hydrogens (tertiary/aromatic N) is 2. The van der Waals surface area contributed by atoms with E-state index in [2.05, 4.69) is 117 Å². The van der Waals surface area contributed by atoms with Crippen molar-refractivity contribution in [3.63, 3.8) is 0 Å². The summed E-state index contributed by atoms with van der Waals surface area (Å²) in [5.41, 5.74) is -21.5. The van der Waals surface area contributed by atoms with Crippen molar-refractivity contribution < 1.29 is 123 Å². The van der Waals surface area contributed by atoms with Gasteiger partial charge in [-0.15, -0.1) is 0 Å². The molecular formula is C56H57BF24N2RuSi. The van der Waals surface area contributed by atoms with E-state index in [1.54, 1.807) is 0 Å². The van der Waals surface area contributed by atoms with Crippen molar-refractivity contribution in [2.75, 3.05) is 0 Å². The molecule has 0 aliphatic heterocycles. The minimum absolute atomic E-state index is 0.120. The smallest absolute Gasteiger partial charge is 0.194 e. The largest absolute Gasteiger partial charge is 0.416 e. The van der Waals surface area contributed by atoms with E-state index in [4.69, 9.17) is 0 Å². The number of rotatable bonds is 7. The van der Waals surface area contributed by atoms with Gasteiger partial charge in [0.1, 0.15) is 6.15 Å². The Kier molecular flexibility index (Phi) is 24.4. The quantitative estimate of drug-likeness (QED) is 0.0686. The van der Waals surface area contributed by atoms with Gasteiger partial charge in [0.2, 0.25) is 0 Å². The Labute approximate surface area is 486 Å². The van der Waals surface area contributed by atoms with Crippen LogP contribution in [0.15, 0.2) is 77.8 Å². The first-order chi connectivity index (χ1) is 37.9. The summed E-state index contributed by atoms with van der Waals surface area (Å²) >= 11 is 2.52. The average molecular weight is 1350 g/mol. The van der Waals surface area contributed by atoms with Crippen molar-refractivity contribution in [1.29, 1.82) is 0 Å². The molecule has 0 N–H and O–H groups in total. The molecule has 0 aromatic heterocycles. The van der Waals surface area contributed by atoms with Crippen molar-refractivity contribution in [1.82, 2.24) is 4.90 Å². The van der Waals surface area contributed by atoms with Gasteiger partial charge < -0.3 is 0 Å². The summed E-state index contributed by atoms with van der Waals surface area (Å²) in [4.78, 5) is 6.62. The van der Waals surface area contributed by atoms with Crippen molar-refractivity contribution in [3.8, 4) is 0 Å². The van der Waals surface area contributed by atoms with Crippen LogP contribution in [0.4, 0.5) is 105 Å². The van der Waals surface area contributed by atoms with Gasteiger partial charge in [-0.05, 0) is 99.2 Å². The first kappa shape index (κ1) is 75.8. The van der Waals surface area contributed by atoms with E-state index in [0.29, 0.717) is 12.1 Å². The normalized spacial score (nSPS) is 13.3.